The van der Waals surface area contributed by atoms with Crippen molar-refractivity contribution in [1.29, 1.82) is 0 Å². The van der Waals surface area contributed by atoms with E-state index in [0.717, 1.165) is 24.9 Å². The number of ether oxygens (including phenoxy) is 1. The molecule has 1 aromatic heterocycles. The number of hydrogen-bond acceptors (Lipinski definition) is 3. The van der Waals surface area contributed by atoms with Crippen LogP contribution in [-0.4, -0.2) is 28.1 Å². The van der Waals surface area contributed by atoms with E-state index in [0.29, 0.717) is 5.92 Å². The molecule has 110 valence electrons. The van der Waals surface area contributed by atoms with Crippen LogP contribution < -0.4 is 0 Å². The number of piperidine rings is 1. The Labute approximate surface area is 121 Å². The standard InChI is InChI=1S/C16H24N2O2/c1-12-7-8-14(13-6-5-9-17-10-13)18(11-12)15(19)20-16(2,3)4/h5-6,9-10,12,14H,7-8,11H2,1-4H3/t12?,14-/m0/s1. The molecule has 0 radical (unpaired) electrons. The summed E-state index contributed by atoms with van der Waals surface area (Å²) in [4.78, 5) is 18.5. The van der Waals surface area contributed by atoms with Gasteiger partial charge >= 0.3 is 6.09 Å². The van der Waals surface area contributed by atoms with Crippen LogP contribution in [0.5, 0.6) is 0 Å². The van der Waals surface area contributed by atoms with Gasteiger partial charge in [-0.2, -0.15) is 0 Å². The first-order valence-corrected chi connectivity index (χ1v) is 7.26. The summed E-state index contributed by atoms with van der Waals surface area (Å²) in [5, 5.41) is 0. The van der Waals surface area contributed by atoms with Gasteiger partial charge in [-0.3, -0.25) is 4.98 Å². The molecule has 2 atom stereocenters. The van der Waals surface area contributed by atoms with Crippen molar-refractivity contribution in [2.45, 2.75) is 52.2 Å². The number of hydrogen-bond donors (Lipinski definition) is 0. The fourth-order valence-corrected chi connectivity index (χ4v) is 2.59. The third-order valence-corrected chi connectivity index (χ3v) is 3.51. The molecule has 0 spiro atoms. The van der Waals surface area contributed by atoms with Crippen molar-refractivity contribution in [2.24, 2.45) is 5.92 Å². The lowest BCUT2D eigenvalue weighted by Gasteiger charge is -2.39. The summed E-state index contributed by atoms with van der Waals surface area (Å²) >= 11 is 0. The van der Waals surface area contributed by atoms with Crippen LogP contribution in [0.2, 0.25) is 0 Å². The number of likely N-dealkylation sites (tertiary alicyclic amines) is 1. The van der Waals surface area contributed by atoms with Crippen LogP contribution >= 0.6 is 0 Å². The van der Waals surface area contributed by atoms with Gasteiger partial charge < -0.3 is 9.64 Å². The Kier molecular flexibility index (Phi) is 4.31. The molecule has 2 rings (SSSR count). The zero-order valence-corrected chi connectivity index (χ0v) is 12.8. The molecule has 0 saturated carbocycles. The first-order chi connectivity index (χ1) is 9.37. The Morgan fingerprint density at radius 3 is 2.75 bits per heavy atom. The van der Waals surface area contributed by atoms with Crippen molar-refractivity contribution in [3.8, 4) is 0 Å². The molecule has 0 bridgehead atoms. The second-order valence-corrected chi connectivity index (χ2v) is 6.62. The van der Waals surface area contributed by atoms with E-state index >= 15 is 0 Å². The van der Waals surface area contributed by atoms with Gasteiger partial charge in [0.05, 0.1) is 6.04 Å². The molecule has 20 heavy (non-hydrogen) atoms. The van der Waals surface area contributed by atoms with Crippen LogP contribution in [0.4, 0.5) is 4.79 Å². The van der Waals surface area contributed by atoms with Crippen molar-refractivity contribution >= 4 is 6.09 Å². The Bertz CT molecular complexity index is 453. The topological polar surface area (TPSA) is 42.4 Å². The third-order valence-electron chi connectivity index (χ3n) is 3.51. The van der Waals surface area contributed by atoms with Crippen molar-refractivity contribution in [1.82, 2.24) is 9.88 Å². The fourth-order valence-electron chi connectivity index (χ4n) is 2.59. The summed E-state index contributed by atoms with van der Waals surface area (Å²) in [6.45, 7) is 8.62. The predicted molar refractivity (Wildman–Crippen MR) is 78.3 cm³/mol. The summed E-state index contributed by atoms with van der Waals surface area (Å²) in [6, 6.07) is 4.03. The molecule has 0 N–H and O–H groups in total. The summed E-state index contributed by atoms with van der Waals surface area (Å²) in [5.41, 5.74) is 0.627. The SMILES string of the molecule is CC1CC[C@@H](c2cccnc2)N(C(=O)OC(C)(C)C)C1. The summed E-state index contributed by atoms with van der Waals surface area (Å²) in [7, 11) is 0. The molecular formula is C16H24N2O2. The van der Waals surface area contributed by atoms with Crippen LogP contribution in [0.3, 0.4) is 0 Å². The predicted octanol–water partition coefficient (Wildman–Crippen LogP) is 3.79. The maximum Gasteiger partial charge on any atom is 0.410 e. The van der Waals surface area contributed by atoms with Crippen LogP contribution in [0.15, 0.2) is 24.5 Å². The molecule has 1 amide bonds. The number of nitrogens with zero attached hydrogens (tertiary/aromatic N) is 2. The Morgan fingerprint density at radius 1 is 1.40 bits per heavy atom. The van der Waals surface area contributed by atoms with E-state index < -0.39 is 5.60 Å². The highest BCUT2D eigenvalue weighted by atomic mass is 16.6. The van der Waals surface area contributed by atoms with Gasteiger partial charge in [-0.05, 0) is 51.2 Å². The quantitative estimate of drug-likeness (QED) is 0.783. The lowest BCUT2D eigenvalue weighted by Crippen LogP contribution is -2.44. The summed E-state index contributed by atoms with van der Waals surface area (Å²) in [5.74, 6) is 0.510. The van der Waals surface area contributed by atoms with E-state index in [1.165, 1.54) is 0 Å². The first-order valence-electron chi connectivity index (χ1n) is 7.26. The number of carbonyl (C=O) groups excluding carboxylic acids is 1. The number of aromatic nitrogens is 1. The van der Waals surface area contributed by atoms with E-state index in [2.05, 4.69) is 11.9 Å². The minimum atomic E-state index is -0.461. The van der Waals surface area contributed by atoms with E-state index in [1.807, 2.05) is 44.0 Å². The second-order valence-electron chi connectivity index (χ2n) is 6.62. The molecule has 0 aromatic carbocycles. The molecule has 4 nitrogen and oxygen atoms in total. The molecule has 1 aliphatic heterocycles. The molecule has 1 fully saturated rings. The highest BCUT2D eigenvalue weighted by Gasteiger charge is 2.33. The average Bonchev–Trinajstić information content (AvgIpc) is 2.37. The lowest BCUT2D eigenvalue weighted by molar-refractivity contribution is 0.00360. The molecule has 1 aliphatic rings. The second kappa shape index (κ2) is 5.81. The van der Waals surface area contributed by atoms with Gasteiger partial charge in [-0.25, -0.2) is 4.79 Å². The Balaban J connectivity index is 2.19. The van der Waals surface area contributed by atoms with Gasteiger partial charge in [0.1, 0.15) is 5.60 Å². The number of amides is 1. The number of carbonyl (C=O) groups is 1. The first kappa shape index (κ1) is 14.8. The fraction of sp³-hybridized carbons (Fsp3) is 0.625. The minimum absolute atomic E-state index is 0.0785. The van der Waals surface area contributed by atoms with Gasteiger partial charge in [0.25, 0.3) is 0 Å². The van der Waals surface area contributed by atoms with Crippen molar-refractivity contribution in [3.63, 3.8) is 0 Å². The highest BCUT2D eigenvalue weighted by molar-refractivity contribution is 5.69. The lowest BCUT2D eigenvalue weighted by atomic mass is 9.91. The molecule has 1 unspecified atom stereocenters. The van der Waals surface area contributed by atoms with Crippen LogP contribution in [0, 0.1) is 5.92 Å². The van der Waals surface area contributed by atoms with E-state index in [9.17, 15) is 4.79 Å². The highest BCUT2D eigenvalue weighted by Crippen LogP contribution is 2.33. The van der Waals surface area contributed by atoms with Crippen LogP contribution in [0.25, 0.3) is 0 Å². The van der Waals surface area contributed by atoms with Gasteiger partial charge in [0.15, 0.2) is 0 Å². The van der Waals surface area contributed by atoms with Crippen molar-refractivity contribution < 1.29 is 9.53 Å². The average molecular weight is 276 g/mol. The normalized spacial score (nSPS) is 23.5. The molecule has 2 heterocycles. The largest absolute Gasteiger partial charge is 0.444 e. The molecule has 4 heteroatoms. The Morgan fingerprint density at radius 2 is 2.15 bits per heavy atom. The zero-order valence-electron chi connectivity index (χ0n) is 12.8. The number of rotatable bonds is 1. The minimum Gasteiger partial charge on any atom is -0.444 e. The molecular weight excluding hydrogens is 252 g/mol. The van der Waals surface area contributed by atoms with Gasteiger partial charge in [-0.15, -0.1) is 0 Å². The van der Waals surface area contributed by atoms with E-state index in [4.69, 9.17) is 4.74 Å². The maximum atomic E-state index is 12.4. The molecule has 1 saturated heterocycles. The third kappa shape index (κ3) is 3.71. The zero-order chi connectivity index (χ0) is 14.8. The maximum absolute atomic E-state index is 12.4. The number of pyridine rings is 1. The summed E-state index contributed by atoms with van der Waals surface area (Å²) < 4.78 is 5.54. The van der Waals surface area contributed by atoms with E-state index in [-0.39, 0.29) is 12.1 Å². The van der Waals surface area contributed by atoms with Gasteiger partial charge in [0, 0.05) is 18.9 Å². The van der Waals surface area contributed by atoms with Gasteiger partial charge in [-0.1, -0.05) is 13.0 Å². The van der Waals surface area contributed by atoms with Crippen molar-refractivity contribution in [3.05, 3.63) is 30.1 Å². The van der Waals surface area contributed by atoms with Crippen LogP contribution in [0.1, 0.15) is 52.1 Å². The summed E-state index contributed by atoms with van der Waals surface area (Å²) in [6.07, 6.45) is 5.47. The molecule has 1 aromatic rings. The monoisotopic (exact) mass is 276 g/mol. The van der Waals surface area contributed by atoms with Crippen LogP contribution in [-0.2, 0) is 4.74 Å². The molecule has 0 aliphatic carbocycles. The Hall–Kier alpha value is -1.58. The van der Waals surface area contributed by atoms with Gasteiger partial charge in [0.2, 0.25) is 0 Å². The van der Waals surface area contributed by atoms with E-state index in [1.54, 1.807) is 6.20 Å². The van der Waals surface area contributed by atoms with Crippen molar-refractivity contribution in [2.75, 3.05) is 6.54 Å². The smallest absolute Gasteiger partial charge is 0.410 e.